The van der Waals surface area contributed by atoms with Crippen molar-refractivity contribution < 1.29 is 5.11 Å². The van der Waals surface area contributed by atoms with Crippen LogP contribution in [0.1, 0.15) is 0 Å². The first-order valence-corrected chi connectivity index (χ1v) is 9.29. The molecule has 0 aliphatic heterocycles. The molecule has 0 amide bonds. The number of hydrogen-bond acceptors (Lipinski definition) is 6. The number of phenolic OH excluding ortho intramolecular Hbond substituents is 1. The number of benzene rings is 4. The Labute approximate surface area is 175 Å². The van der Waals surface area contributed by atoms with Crippen molar-refractivity contribution in [1.82, 2.24) is 0 Å². The number of anilines is 5. The van der Waals surface area contributed by atoms with Crippen LogP contribution in [-0.4, -0.2) is 5.11 Å². The molecule has 0 unspecified atom stereocenters. The summed E-state index contributed by atoms with van der Waals surface area (Å²) in [5, 5.41) is 9.17. The summed E-state index contributed by atoms with van der Waals surface area (Å²) in [6, 6.07) is 25.4. The first-order chi connectivity index (χ1) is 14.3. The highest BCUT2D eigenvalue weighted by molar-refractivity contribution is 5.80. The Morgan fingerprint density at radius 2 is 0.800 bits per heavy atom. The largest absolute Gasteiger partial charge is 0.508 e. The van der Waals surface area contributed by atoms with Gasteiger partial charge in [0.05, 0.1) is 0 Å². The van der Waals surface area contributed by atoms with E-state index in [1.54, 1.807) is 30.3 Å². The topological polar surface area (TPSA) is 150 Å². The number of rotatable bonds is 2. The minimum Gasteiger partial charge on any atom is -0.508 e. The summed E-state index contributed by atoms with van der Waals surface area (Å²) in [5.41, 5.74) is 35.9. The normalized spacial score (nSPS) is 10.1. The van der Waals surface area contributed by atoms with Gasteiger partial charge in [0.15, 0.2) is 0 Å². The molecule has 0 aliphatic carbocycles. The van der Waals surface area contributed by atoms with Crippen LogP contribution < -0.4 is 28.7 Å². The van der Waals surface area contributed by atoms with Crippen LogP contribution >= 0.6 is 0 Å². The molecule has 6 heteroatoms. The lowest BCUT2D eigenvalue weighted by Crippen LogP contribution is -1.93. The summed E-state index contributed by atoms with van der Waals surface area (Å²) < 4.78 is 0. The van der Waals surface area contributed by atoms with E-state index in [0.29, 0.717) is 22.7 Å². The van der Waals surface area contributed by atoms with Crippen LogP contribution in [0.3, 0.4) is 0 Å². The van der Waals surface area contributed by atoms with Crippen molar-refractivity contribution in [3.8, 4) is 28.0 Å². The number of phenols is 1. The highest BCUT2D eigenvalue weighted by Crippen LogP contribution is 2.29. The number of nitrogen functional groups attached to an aromatic ring is 5. The van der Waals surface area contributed by atoms with Gasteiger partial charge in [0.2, 0.25) is 0 Å². The fourth-order valence-electron chi connectivity index (χ4n) is 2.99. The Kier molecular flexibility index (Phi) is 5.98. The zero-order valence-electron chi connectivity index (χ0n) is 16.4. The molecule has 0 bridgehead atoms. The van der Waals surface area contributed by atoms with Crippen LogP contribution in [0.25, 0.3) is 22.3 Å². The molecule has 152 valence electrons. The van der Waals surface area contributed by atoms with Gasteiger partial charge in [-0.3, -0.25) is 0 Å². The monoisotopic (exact) mass is 399 g/mol. The van der Waals surface area contributed by atoms with Gasteiger partial charge in [0.1, 0.15) is 5.75 Å². The van der Waals surface area contributed by atoms with Crippen molar-refractivity contribution in [2.24, 2.45) is 0 Å². The Morgan fingerprint density at radius 1 is 0.433 bits per heavy atom. The van der Waals surface area contributed by atoms with E-state index in [1.807, 2.05) is 54.6 Å². The first kappa shape index (κ1) is 20.4. The maximum absolute atomic E-state index is 9.17. The first-order valence-electron chi connectivity index (χ1n) is 9.29. The molecule has 4 aromatic rings. The lowest BCUT2D eigenvalue weighted by Gasteiger charge is -2.06. The second-order valence-corrected chi connectivity index (χ2v) is 6.86. The molecule has 0 radical (unpaired) electrons. The van der Waals surface area contributed by atoms with Crippen LogP contribution in [0, 0.1) is 0 Å². The fourth-order valence-corrected chi connectivity index (χ4v) is 2.99. The molecule has 30 heavy (non-hydrogen) atoms. The lowest BCUT2D eigenvalue weighted by atomic mass is 10.0. The summed E-state index contributed by atoms with van der Waals surface area (Å²) in [6.07, 6.45) is 0. The maximum atomic E-state index is 9.17. The van der Waals surface area contributed by atoms with E-state index in [-0.39, 0.29) is 5.75 Å². The third-order valence-corrected chi connectivity index (χ3v) is 4.55. The summed E-state index contributed by atoms with van der Waals surface area (Å²) in [6.45, 7) is 0. The zero-order chi connectivity index (χ0) is 21.7. The van der Waals surface area contributed by atoms with Gasteiger partial charge in [-0.1, -0.05) is 36.4 Å². The summed E-state index contributed by atoms with van der Waals surface area (Å²) >= 11 is 0. The van der Waals surface area contributed by atoms with E-state index < -0.39 is 0 Å². The van der Waals surface area contributed by atoms with Crippen molar-refractivity contribution in [2.45, 2.75) is 0 Å². The molecule has 0 atom stereocenters. The van der Waals surface area contributed by atoms with Crippen LogP contribution in [0.4, 0.5) is 28.4 Å². The van der Waals surface area contributed by atoms with E-state index in [0.717, 1.165) is 27.9 Å². The van der Waals surface area contributed by atoms with E-state index in [9.17, 15) is 0 Å². The summed E-state index contributed by atoms with van der Waals surface area (Å²) in [7, 11) is 0. The Hall–Kier alpha value is -4.32. The molecular weight excluding hydrogens is 374 g/mol. The Bertz CT molecular complexity index is 1050. The van der Waals surface area contributed by atoms with Crippen LogP contribution in [0.5, 0.6) is 5.75 Å². The summed E-state index contributed by atoms with van der Waals surface area (Å²) in [4.78, 5) is 0. The van der Waals surface area contributed by atoms with Crippen molar-refractivity contribution in [1.29, 1.82) is 0 Å². The molecule has 6 nitrogen and oxygen atoms in total. The molecule has 0 heterocycles. The van der Waals surface area contributed by atoms with E-state index in [1.165, 1.54) is 0 Å². The van der Waals surface area contributed by atoms with Crippen molar-refractivity contribution in [3.05, 3.63) is 84.9 Å². The lowest BCUT2D eigenvalue weighted by molar-refractivity contribution is 0.475. The quantitative estimate of drug-likeness (QED) is 0.276. The second kappa shape index (κ2) is 8.79. The number of aromatic hydroxyl groups is 1. The molecule has 0 aromatic heterocycles. The molecule has 0 saturated heterocycles. The molecule has 0 aliphatic rings. The van der Waals surface area contributed by atoms with Crippen molar-refractivity contribution in [3.63, 3.8) is 0 Å². The Balaban J connectivity index is 0.000000171. The molecule has 11 N–H and O–H groups in total. The van der Waals surface area contributed by atoms with Crippen LogP contribution in [-0.2, 0) is 0 Å². The molecular formula is C24H25N5O. The van der Waals surface area contributed by atoms with E-state index in [4.69, 9.17) is 33.8 Å². The molecule has 4 rings (SSSR count). The Morgan fingerprint density at radius 3 is 1.20 bits per heavy atom. The average Bonchev–Trinajstić information content (AvgIpc) is 2.70. The molecule has 0 saturated carbocycles. The third-order valence-electron chi connectivity index (χ3n) is 4.55. The van der Waals surface area contributed by atoms with Gasteiger partial charge in [-0.25, -0.2) is 0 Å². The SMILES string of the molecule is Nc1ccc(-c2ccc(N)cc2N)cc1.Nc1ccc(-c2ccc(O)cc2)c(N)c1. The standard InChI is InChI=1S/C12H13N3.C12H12N2O/c13-9-3-1-8(2-4-9)11-6-5-10(14)7-12(11)15;13-9-3-6-11(12(14)7-9)8-1-4-10(15)5-2-8/h1-7H,13-15H2;1-7,15H,13-14H2. The predicted molar refractivity (Wildman–Crippen MR) is 127 cm³/mol. The minimum atomic E-state index is 0.243. The fraction of sp³-hybridized carbons (Fsp3) is 0. The van der Waals surface area contributed by atoms with Gasteiger partial charge in [-0.15, -0.1) is 0 Å². The predicted octanol–water partition coefficient (Wildman–Crippen LogP) is 4.32. The zero-order valence-corrected chi connectivity index (χ0v) is 16.4. The van der Waals surface area contributed by atoms with Gasteiger partial charge in [0.25, 0.3) is 0 Å². The van der Waals surface area contributed by atoms with E-state index >= 15 is 0 Å². The minimum absolute atomic E-state index is 0.243. The van der Waals surface area contributed by atoms with Crippen LogP contribution in [0.15, 0.2) is 84.9 Å². The average molecular weight is 399 g/mol. The highest BCUT2D eigenvalue weighted by atomic mass is 16.3. The second-order valence-electron chi connectivity index (χ2n) is 6.86. The number of hydrogen-bond donors (Lipinski definition) is 6. The third kappa shape index (κ3) is 4.94. The smallest absolute Gasteiger partial charge is 0.115 e. The maximum Gasteiger partial charge on any atom is 0.115 e. The van der Waals surface area contributed by atoms with Gasteiger partial charge in [-0.2, -0.15) is 0 Å². The van der Waals surface area contributed by atoms with Crippen molar-refractivity contribution >= 4 is 28.4 Å². The van der Waals surface area contributed by atoms with Crippen molar-refractivity contribution in [2.75, 3.05) is 28.7 Å². The molecule has 0 spiro atoms. The van der Waals surface area contributed by atoms with Gasteiger partial charge >= 0.3 is 0 Å². The van der Waals surface area contributed by atoms with Gasteiger partial charge in [0, 0.05) is 39.6 Å². The van der Waals surface area contributed by atoms with Crippen LogP contribution in [0.2, 0.25) is 0 Å². The van der Waals surface area contributed by atoms with E-state index in [2.05, 4.69) is 0 Å². The van der Waals surface area contributed by atoms with Gasteiger partial charge < -0.3 is 33.8 Å². The number of nitrogens with two attached hydrogens (primary N) is 5. The molecule has 4 aromatic carbocycles. The summed E-state index contributed by atoms with van der Waals surface area (Å²) in [5.74, 6) is 0.243. The van der Waals surface area contributed by atoms with Gasteiger partial charge in [-0.05, 0) is 59.7 Å². The molecule has 0 fully saturated rings. The highest BCUT2D eigenvalue weighted by Gasteiger charge is 2.03.